The summed E-state index contributed by atoms with van der Waals surface area (Å²) in [6.07, 6.45) is 3.48. The Morgan fingerprint density at radius 2 is 1.59 bits per heavy atom. The van der Waals surface area contributed by atoms with Gasteiger partial charge in [-0.05, 0) is 74.8 Å². The van der Waals surface area contributed by atoms with Crippen LogP contribution in [-0.2, 0) is 14.8 Å². The Morgan fingerprint density at radius 3 is 2.22 bits per heavy atom. The largest absolute Gasteiger partial charge is 0.497 e. The summed E-state index contributed by atoms with van der Waals surface area (Å²) < 4.78 is 44.8. The van der Waals surface area contributed by atoms with Gasteiger partial charge in [0.2, 0.25) is 10.0 Å². The number of rotatable bonds is 12. The molecule has 2 aromatic carbocycles. The van der Waals surface area contributed by atoms with E-state index in [1.807, 2.05) is 31.2 Å². The van der Waals surface area contributed by atoms with Gasteiger partial charge in [-0.1, -0.05) is 18.6 Å². The molecule has 0 saturated carbocycles. The van der Waals surface area contributed by atoms with Gasteiger partial charge in [0.25, 0.3) is 0 Å². The van der Waals surface area contributed by atoms with Crippen molar-refractivity contribution in [1.29, 1.82) is 0 Å². The minimum absolute atomic E-state index is 0.0304. The molecule has 0 spiro atoms. The Hall–Kier alpha value is -2.13. The Bertz CT molecular complexity index is 910. The van der Waals surface area contributed by atoms with Crippen LogP contribution in [0.1, 0.15) is 37.8 Å². The number of nitrogens with one attached hydrogen (secondary N) is 1. The molecule has 1 N–H and O–H groups in total. The van der Waals surface area contributed by atoms with E-state index in [2.05, 4.69) is 9.62 Å². The molecule has 1 unspecified atom stereocenters. The van der Waals surface area contributed by atoms with Crippen molar-refractivity contribution in [2.75, 3.05) is 46.6 Å². The summed E-state index contributed by atoms with van der Waals surface area (Å²) in [5.74, 6) is 1.41. The molecule has 1 heterocycles. The lowest BCUT2D eigenvalue weighted by atomic mass is 10.0. The standard InChI is InChI=1S/C24H34N2O5S/c1-3-30-17-18-31-22-11-13-23(14-12-22)32(27,28)25-19-24(26-15-5-4-6-16-26)20-7-9-21(29-2)10-8-20/h7-14,24-25H,3-6,15-19H2,1-2H3. The van der Waals surface area contributed by atoms with Crippen LogP contribution in [0, 0.1) is 0 Å². The molecule has 7 nitrogen and oxygen atoms in total. The van der Waals surface area contributed by atoms with Gasteiger partial charge in [-0.15, -0.1) is 0 Å². The van der Waals surface area contributed by atoms with Crippen molar-refractivity contribution in [3.05, 3.63) is 54.1 Å². The Balaban J connectivity index is 1.66. The molecule has 32 heavy (non-hydrogen) atoms. The zero-order valence-electron chi connectivity index (χ0n) is 19.0. The van der Waals surface area contributed by atoms with Crippen LogP contribution in [0.3, 0.4) is 0 Å². The lowest BCUT2D eigenvalue weighted by Crippen LogP contribution is -2.40. The smallest absolute Gasteiger partial charge is 0.240 e. The van der Waals surface area contributed by atoms with E-state index < -0.39 is 10.0 Å². The van der Waals surface area contributed by atoms with E-state index in [0.717, 1.165) is 37.2 Å². The molecule has 0 amide bonds. The minimum Gasteiger partial charge on any atom is -0.497 e. The second-order valence-corrected chi connectivity index (χ2v) is 9.52. The van der Waals surface area contributed by atoms with Gasteiger partial charge in [-0.3, -0.25) is 4.90 Å². The first-order chi connectivity index (χ1) is 15.5. The molecule has 0 bridgehead atoms. The summed E-state index contributed by atoms with van der Waals surface area (Å²) in [4.78, 5) is 2.59. The van der Waals surface area contributed by atoms with Gasteiger partial charge in [0.15, 0.2) is 0 Å². The van der Waals surface area contributed by atoms with Gasteiger partial charge in [0, 0.05) is 19.2 Å². The number of hydrogen-bond acceptors (Lipinski definition) is 6. The summed E-state index contributed by atoms with van der Waals surface area (Å²) in [6, 6.07) is 14.3. The highest BCUT2D eigenvalue weighted by Gasteiger charge is 2.25. The molecule has 3 rings (SSSR count). The zero-order valence-corrected chi connectivity index (χ0v) is 19.8. The molecule has 176 valence electrons. The van der Waals surface area contributed by atoms with E-state index in [9.17, 15) is 8.42 Å². The van der Waals surface area contributed by atoms with Gasteiger partial charge in [0.05, 0.1) is 18.6 Å². The van der Waals surface area contributed by atoms with Gasteiger partial charge >= 0.3 is 0 Å². The third kappa shape index (κ3) is 6.93. The summed E-state index contributed by atoms with van der Waals surface area (Å²) >= 11 is 0. The van der Waals surface area contributed by atoms with E-state index in [0.29, 0.717) is 32.1 Å². The van der Waals surface area contributed by atoms with E-state index in [4.69, 9.17) is 14.2 Å². The molecule has 1 aliphatic heterocycles. The molecule has 1 fully saturated rings. The fourth-order valence-electron chi connectivity index (χ4n) is 3.86. The van der Waals surface area contributed by atoms with Crippen LogP contribution in [-0.4, -0.2) is 59.9 Å². The fourth-order valence-corrected chi connectivity index (χ4v) is 4.90. The molecular weight excluding hydrogens is 428 g/mol. The van der Waals surface area contributed by atoms with E-state index in [1.165, 1.54) is 6.42 Å². The topological polar surface area (TPSA) is 77.1 Å². The number of nitrogens with zero attached hydrogens (tertiary/aromatic N) is 1. The SMILES string of the molecule is CCOCCOc1ccc(S(=O)(=O)NCC(c2ccc(OC)cc2)N2CCCCC2)cc1. The van der Waals surface area contributed by atoms with E-state index in [-0.39, 0.29) is 10.9 Å². The highest BCUT2D eigenvalue weighted by atomic mass is 32.2. The summed E-state index contributed by atoms with van der Waals surface area (Å²) in [5, 5.41) is 0. The first kappa shape index (κ1) is 24.5. The number of methoxy groups -OCH3 is 1. The fraction of sp³-hybridized carbons (Fsp3) is 0.500. The van der Waals surface area contributed by atoms with E-state index >= 15 is 0 Å². The van der Waals surface area contributed by atoms with Crippen molar-refractivity contribution in [1.82, 2.24) is 9.62 Å². The average molecular weight is 463 g/mol. The third-order valence-corrected chi connectivity index (χ3v) is 7.07. The second-order valence-electron chi connectivity index (χ2n) is 7.75. The molecule has 1 aliphatic rings. The van der Waals surface area contributed by atoms with Gasteiger partial charge in [-0.2, -0.15) is 0 Å². The maximum atomic E-state index is 13.0. The van der Waals surface area contributed by atoms with Crippen LogP contribution in [0.5, 0.6) is 11.5 Å². The first-order valence-corrected chi connectivity index (χ1v) is 12.7. The monoisotopic (exact) mass is 462 g/mol. The molecule has 0 aliphatic carbocycles. The molecule has 1 atom stereocenters. The van der Waals surface area contributed by atoms with Crippen LogP contribution < -0.4 is 14.2 Å². The Morgan fingerprint density at radius 1 is 0.938 bits per heavy atom. The second kappa shape index (κ2) is 12.2. The molecule has 0 radical (unpaired) electrons. The quantitative estimate of drug-likeness (QED) is 0.486. The molecular formula is C24H34N2O5S. The third-order valence-electron chi connectivity index (χ3n) is 5.63. The number of hydrogen-bond donors (Lipinski definition) is 1. The number of ether oxygens (including phenoxy) is 3. The molecule has 8 heteroatoms. The van der Waals surface area contributed by atoms with Crippen LogP contribution in [0.4, 0.5) is 0 Å². The summed E-state index contributed by atoms with van der Waals surface area (Å²) in [5.41, 5.74) is 1.08. The number of likely N-dealkylation sites (tertiary alicyclic amines) is 1. The lowest BCUT2D eigenvalue weighted by molar-refractivity contribution is 0.110. The van der Waals surface area contributed by atoms with Crippen LogP contribution in [0.2, 0.25) is 0 Å². The highest BCUT2D eigenvalue weighted by Crippen LogP contribution is 2.26. The van der Waals surface area contributed by atoms with Crippen molar-refractivity contribution in [3.8, 4) is 11.5 Å². The number of sulfonamides is 1. The zero-order chi connectivity index (χ0) is 22.8. The number of benzene rings is 2. The average Bonchev–Trinajstić information content (AvgIpc) is 2.83. The van der Waals surface area contributed by atoms with Crippen LogP contribution in [0.15, 0.2) is 53.4 Å². The maximum absolute atomic E-state index is 13.0. The minimum atomic E-state index is -3.64. The van der Waals surface area contributed by atoms with E-state index in [1.54, 1.807) is 31.4 Å². The highest BCUT2D eigenvalue weighted by molar-refractivity contribution is 7.89. The lowest BCUT2D eigenvalue weighted by Gasteiger charge is -2.35. The summed E-state index contributed by atoms with van der Waals surface area (Å²) in [7, 11) is -2.00. The first-order valence-electron chi connectivity index (χ1n) is 11.2. The van der Waals surface area contributed by atoms with Crippen LogP contribution >= 0.6 is 0 Å². The predicted molar refractivity (Wildman–Crippen MR) is 125 cm³/mol. The predicted octanol–water partition coefficient (Wildman–Crippen LogP) is 3.62. The maximum Gasteiger partial charge on any atom is 0.240 e. The van der Waals surface area contributed by atoms with Crippen molar-refractivity contribution >= 4 is 10.0 Å². The molecule has 2 aromatic rings. The van der Waals surface area contributed by atoms with Crippen molar-refractivity contribution in [2.45, 2.75) is 37.1 Å². The van der Waals surface area contributed by atoms with Crippen molar-refractivity contribution in [2.24, 2.45) is 0 Å². The van der Waals surface area contributed by atoms with Crippen molar-refractivity contribution < 1.29 is 22.6 Å². The summed E-state index contributed by atoms with van der Waals surface area (Å²) in [6.45, 7) is 5.73. The van der Waals surface area contributed by atoms with Crippen molar-refractivity contribution in [3.63, 3.8) is 0 Å². The Kier molecular flexibility index (Phi) is 9.35. The Labute approximate surface area is 191 Å². The molecule has 0 aromatic heterocycles. The van der Waals surface area contributed by atoms with Crippen LogP contribution in [0.25, 0.3) is 0 Å². The molecule has 1 saturated heterocycles. The normalized spacial score (nSPS) is 15.9. The van der Waals surface area contributed by atoms with Gasteiger partial charge < -0.3 is 14.2 Å². The van der Waals surface area contributed by atoms with Gasteiger partial charge in [0.1, 0.15) is 18.1 Å². The van der Waals surface area contributed by atoms with Gasteiger partial charge in [-0.25, -0.2) is 13.1 Å². The number of piperidine rings is 1.